The van der Waals surface area contributed by atoms with Crippen molar-refractivity contribution >= 4 is 26.8 Å². The standard InChI is InChI=1S/C8H13FNO4P/c1-6(11)4-5-10-7(12)2-3-8(13)14-15-9/h15H,2-5H2,1H3,(H,10,12). The molecule has 5 nitrogen and oxygen atoms in total. The number of hydrogen-bond acceptors (Lipinski definition) is 4. The topological polar surface area (TPSA) is 72.5 Å². The lowest BCUT2D eigenvalue weighted by Gasteiger charge is -2.02. The van der Waals surface area contributed by atoms with Crippen LogP contribution >= 0.6 is 9.12 Å². The zero-order valence-corrected chi connectivity index (χ0v) is 9.34. The van der Waals surface area contributed by atoms with Gasteiger partial charge in [-0.1, -0.05) is 0 Å². The van der Waals surface area contributed by atoms with Gasteiger partial charge in [0.15, 0.2) is 0 Å². The third-order valence-corrected chi connectivity index (χ3v) is 1.81. The van der Waals surface area contributed by atoms with E-state index in [0.717, 1.165) is 0 Å². The lowest BCUT2D eigenvalue weighted by atomic mass is 10.3. The first kappa shape index (κ1) is 14.0. The Labute approximate surface area is 88.7 Å². The minimum Gasteiger partial charge on any atom is -0.415 e. The van der Waals surface area contributed by atoms with Crippen LogP contribution < -0.4 is 5.32 Å². The SMILES string of the molecule is CC(=O)CCNC(=O)CCC(=O)OPF. The second-order valence-corrected chi connectivity index (χ2v) is 3.21. The van der Waals surface area contributed by atoms with Crippen molar-refractivity contribution < 1.29 is 23.1 Å². The highest BCUT2D eigenvalue weighted by Gasteiger charge is 2.07. The van der Waals surface area contributed by atoms with Crippen molar-refractivity contribution in [1.29, 1.82) is 0 Å². The monoisotopic (exact) mass is 237 g/mol. The van der Waals surface area contributed by atoms with Gasteiger partial charge in [0.25, 0.3) is 9.12 Å². The number of rotatable bonds is 7. The Bertz CT molecular complexity index is 247. The van der Waals surface area contributed by atoms with Gasteiger partial charge < -0.3 is 9.84 Å². The molecule has 0 aliphatic carbocycles. The van der Waals surface area contributed by atoms with Crippen molar-refractivity contribution in [2.45, 2.75) is 26.2 Å². The maximum Gasteiger partial charge on any atom is 0.310 e. The second kappa shape index (κ2) is 8.29. The summed E-state index contributed by atoms with van der Waals surface area (Å²) in [5.41, 5.74) is 0. The summed E-state index contributed by atoms with van der Waals surface area (Å²) in [6.07, 6.45) is 0.0616. The summed E-state index contributed by atoms with van der Waals surface area (Å²) < 4.78 is 15.5. The molecule has 0 aromatic rings. The molecule has 0 spiro atoms. The molecule has 0 rings (SSSR count). The van der Waals surface area contributed by atoms with Gasteiger partial charge in [-0.2, -0.15) is 4.20 Å². The molecule has 15 heavy (non-hydrogen) atoms. The average molecular weight is 237 g/mol. The molecule has 1 amide bonds. The average Bonchev–Trinajstić information content (AvgIpc) is 2.14. The Morgan fingerprint density at radius 1 is 1.27 bits per heavy atom. The van der Waals surface area contributed by atoms with Crippen molar-refractivity contribution in [3.63, 3.8) is 0 Å². The molecule has 0 heterocycles. The summed E-state index contributed by atoms with van der Waals surface area (Å²) in [6, 6.07) is 0. The molecule has 0 aliphatic rings. The van der Waals surface area contributed by atoms with Gasteiger partial charge in [0.05, 0.1) is 6.42 Å². The van der Waals surface area contributed by atoms with Crippen molar-refractivity contribution in [3.05, 3.63) is 0 Å². The maximum absolute atomic E-state index is 11.5. The maximum atomic E-state index is 11.5. The van der Waals surface area contributed by atoms with Gasteiger partial charge in [-0.25, -0.2) is 0 Å². The molecular formula is C8H13FNO4P. The van der Waals surface area contributed by atoms with E-state index in [-0.39, 0.29) is 37.5 Å². The number of Topliss-reactive ketones (excluding diaryl/α,β-unsaturated/α-hetero) is 1. The van der Waals surface area contributed by atoms with E-state index >= 15 is 0 Å². The first-order valence-electron chi connectivity index (χ1n) is 4.37. The van der Waals surface area contributed by atoms with Crippen LogP contribution in [0.15, 0.2) is 0 Å². The molecule has 0 aliphatic heterocycles. The zero-order valence-electron chi connectivity index (χ0n) is 8.34. The zero-order chi connectivity index (χ0) is 11.7. The third-order valence-electron chi connectivity index (χ3n) is 1.51. The summed E-state index contributed by atoms with van der Waals surface area (Å²) in [7, 11) is -1.39. The Hall–Kier alpha value is -1.03. The van der Waals surface area contributed by atoms with Gasteiger partial charge in [-0.15, -0.1) is 0 Å². The molecule has 0 saturated carbocycles. The molecule has 1 N–H and O–H groups in total. The Morgan fingerprint density at radius 2 is 1.93 bits per heavy atom. The Kier molecular flexibility index (Phi) is 7.72. The fourth-order valence-corrected chi connectivity index (χ4v) is 0.964. The number of nitrogens with one attached hydrogen (secondary N) is 1. The number of carbonyl (C=O) groups is 3. The van der Waals surface area contributed by atoms with Gasteiger partial charge in [0, 0.05) is 19.4 Å². The molecule has 0 fully saturated rings. The molecule has 0 aromatic heterocycles. The number of halogens is 1. The van der Waals surface area contributed by atoms with Crippen molar-refractivity contribution in [2.75, 3.05) is 6.54 Å². The minimum atomic E-state index is -1.39. The minimum absolute atomic E-state index is 0.0201. The molecule has 0 saturated heterocycles. The van der Waals surface area contributed by atoms with Crippen LogP contribution in [0.5, 0.6) is 0 Å². The van der Waals surface area contributed by atoms with Crippen LogP contribution in [0.3, 0.4) is 0 Å². The van der Waals surface area contributed by atoms with Gasteiger partial charge in [-0.3, -0.25) is 14.4 Å². The smallest absolute Gasteiger partial charge is 0.310 e. The Balaban J connectivity index is 3.49. The fourth-order valence-electron chi connectivity index (χ4n) is 0.776. The van der Waals surface area contributed by atoms with Gasteiger partial charge in [0.2, 0.25) is 5.91 Å². The second-order valence-electron chi connectivity index (χ2n) is 2.85. The summed E-state index contributed by atoms with van der Waals surface area (Å²) >= 11 is 0. The largest absolute Gasteiger partial charge is 0.415 e. The van der Waals surface area contributed by atoms with Crippen molar-refractivity contribution in [2.24, 2.45) is 0 Å². The first-order valence-corrected chi connectivity index (χ1v) is 5.16. The molecule has 1 atom stereocenters. The van der Waals surface area contributed by atoms with Gasteiger partial charge >= 0.3 is 5.97 Å². The molecule has 7 heteroatoms. The van der Waals surface area contributed by atoms with E-state index in [1.807, 2.05) is 0 Å². The molecule has 1 unspecified atom stereocenters. The van der Waals surface area contributed by atoms with Gasteiger partial charge in [-0.05, 0) is 6.92 Å². The number of hydrogen-bond donors (Lipinski definition) is 1. The van der Waals surface area contributed by atoms with E-state index in [1.165, 1.54) is 6.92 Å². The van der Waals surface area contributed by atoms with Crippen LogP contribution in [0, 0.1) is 0 Å². The van der Waals surface area contributed by atoms with E-state index in [4.69, 9.17) is 0 Å². The lowest BCUT2D eigenvalue weighted by Crippen LogP contribution is -2.25. The summed E-state index contributed by atoms with van der Waals surface area (Å²) in [6.45, 7) is 1.68. The van der Waals surface area contributed by atoms with Crippen molar-refractivity contribution in [3.8, 4) is 0 Å². The molecule has 86 valence electrons. The van der Waals surface area contributed by atoms with Crippen LogP contribution in [-0.4, -0.2) is 24.2 Å². The van der Waals surface area contributed by atoms with E-state index in [0.29, 0.717) is 0 Å². The van der Waals surface area contributed by atoms with E-state index in [2.05, 4.69) is 9.84 Å². The number of carbonyl (C=O) groups excluding carboxylic acids is 3. The predicted molar refractivity (Wildman–Crippen MR) is 53.1 cm³/mol. The van der Waals surface area contributed by atoms with E-state index < -0.39 is 15.1 Å². The quantitative estimate of drug-likeness (QED) is 0.667. The molecule has 0 bridgehead atoms. The predicted octanol–water partition coefficient (Wildman–Crippen LogP) is 0.883. The van der Waals surface area contributed by atoms with Crippen LogP contribution in [0.1, 0.15) is 26.2 Å². The molecular weight excluding hydrogens is 224 g/mol. The summed E-state index contributed by atoms with van der Waals surface area (Å²) in [5.74, 6) is -1.11. The highest BCUT2D eigenvalue weighted by atomic mass is 31.1. The fraction of sp³-hybridized carbons (Fsp3) is 0.625. The van der Waals surface area contributed by atoms with Crippen LogP contribution in [0.25, 0.3) is 0 Å². The van der Waals surface area contributed by atoms with Crippen LogP contribution in [0.2, 0.25) is 0 Å². The van der Waals surface area contributed by atoms with E-state index in [9.17, 15) is 18.6 Å². The lowest BCUT2D eigenvalue weighted by molar-refractivity contribution is -0.135. The molecule has 0 aromatic carbocycles. The normalized spacial score (nSPS) is 10.3. The van der Waals surface area contributed by atoms with Crippen molar-refractivity contribution in [1.82, 2.24) is 5.32 Å². The number of ketones is 1. The van der Waals surface area contributed by atoms with Gasteiger partial charge in [0.1, 0.15) is 5.78 Å². The van der Waals surface area contributed by atoms with E-state index in [1.54, 1.807) is 0 Å². The highest BCUT2D eigenvalue weighted by Crippen LogP contribution is 2.13. The Morgan fingerprint density at radius 3 is 2.47 bits per heavy atom. The highest BCUT2D eigenvalue weighted by molar-refractivity contribution is 7.26. The van der Waals surface area contributed by atoms with Crippen LogP contribution in [0.4, 0.5) is 4.20 Å². The number of amides is 1. The molecule has 0 radical (unpaired) electrons. The third kappa shape index (κ3) is 9.28. The van der Waals surface area contributed by atoms with Crippen LogP contribution in [-0.2, 0) is 18.9 Å². The summed E-state index contributed by atoms with van der Waals surface area (Å²) in [4.78, 5) is 32.2. The summed E-state index contributed by atoms with van der Waals surface area (Å²) in [5, 5.41) is 2.45. The first-order chi connectivity index (χ1) is 7.06.